The van der Waals surface area contributed by atoms with E-state index in [1.807, 2.05) is 11.9 Å². The van der Waals surface area contributed by atoms with Crippen LogP contribution in [0.2, 0.25) is 0 Å². The molecule has 0 amide bonds. The molecule has 2 rings (SSSR count). The summed E-state index contributed by atoms with van der Waals surface area (Å²) in [6.07, 6.45) is -3.38. The van der Waals surface area contributed by atoms with E-state index in [0.29, 0.717) is 22.1 Å². The van der Waals surface area contributed by atoms with Crippen LogP contribution in [0.4, 0.5) is 18.9 Å². The van der Waals surface area contributed by atoms with Crippen molar-refractivity contribution >= 4 is 21.6 Å². The van der Waals surface area contributed by atoms with Crippen molar-refractivity contribution in [3.63, 3.8) is 0 Å². The standard InChI is InChI=1S/C14H18BrF3N2/c1-9-8-20(4-3-13(9)19-2)12-6-10(14(16,17)18)5-11(15)7-12/h5-7,9,13,19H,3-4,8H2,1-2H3. The van der Waals surface area contributed by atoms with E-state index in [2.05, 4.69) is 28.2 Å². The van der Waals surface area contributed by atoms with Crippen LogP contribution in [0, 0.1) is 5.92 Å². The molecule has 0 spiro atoms. The van der Waals surface area contributed by atoms with Gasteiger partial charge in [0.1, 0.15) is 0 Å². The largest absolute Gasteiger partial charge is 0.416 e. The second-order valence-corrected chi connectivity index (χ2v) is 6.22. The lowest BCUT2D eigenvalue weighted by molar-refractivity contribution is -0.137. The summed E-state index contributed by atoms with van der Waals surface area (Å²) in [6, 6.07) is 4.53. The lowest BCUT2D eigenvalue weighted by atomic mass is 9.93. The van der Waals surface area contributed by atoms with E-state index >= 15 is 0 Å². The summed E-state index contributed by atoms with van der Waals surface area (Å²) < 4.78 is 39.0. The second-order valence-electron chi connectivity index (χ2n) is 5.30. The van der Waals surface area contributed by atoms with Crippen molar-refractivity contribution in [3.05, 3.63) is 28.2 Å². The number of nitrogens with one attached hydrogen (secondary N) is 1. The van der Waals surface area contributed by atoms with Crippen LogP contribution in [0.15, 0.2) is 22.7 Å². The lowest BCUT2D eigenvalue weighted by Crippen LogP contribution is -2.47. The number of rotatable bonds is 2. The molecule has 1 saturated heterocycles. The summed E-state index contributed by atoms with van der Waals surface area (Å²) in [4.78, 5) is 2.03. The first kappa shape index (κ1) is 15.6. The Hall–Kier alpha value is -0.750. The summed E-state index contributed by atoms with van der Waals surface area (Å²) in [5.41, 5.74) is 0.0263. The van der Waals surface area contributed by atoms with Gasteiger partial charge in [-0.2, -0.15) is 13.2 Å². The maximum absolute atomic E-state index is 12.9. The molecule has 1 aliphatic rings. The summed E-state index contributed by atoms with van der Waals surface area (Å²) in [5, 5.41) is 3.26. The Balaban J connectivity index is 2.23. The first-order chi connectivity index (χ1) is 9.31. The molecular weight excluding hydrogens is 333 g/mol. The molecule has 0 aliphatic carbocycles. The minimum Gasteiger partial charge on any atom is -0.371 e. The fourth-order valence-corrected chi connectivity index (χ4v) is 3.21. The monoisotopic (exact) mass is 350 g/mol. The Morgan fingerprint density at radius 1 is 1.30 bits per heavy atom. The average molecular weight is 351 g/mol. The number of nitrogens with zero attached hydrogens (tertiary/aromatic N) is 1. The van der Waals surface area contributed by atoms with Gasteiger partial charge in [0, 0.05) is 29.3 Å². The molecule has 2 unspecified atom stereocenters. The Kier molecular flexibility index (Phi) is 4.64. The molecular formula is C14H18BrF3N2. The van der Waals surface area contributed by atoms with Crippen LogP contribution >= 0.6 is 15.9 Å². The van der Waals surface area contributed by atoms with E-state index in [9.17, 15) is 13.2 Å². The van der Waals surface area contributed by atoms with Crippen molar-refractivity contribution in [2.75, 3.05) is 25.0 Å². The average Bonchev–Trinajstić information content (AvgIpc) is 2.37. The lowest BCUT2D eigenvalue weighted by Gasteiger charge is -2.38. The Morgan fingerprint density at radius 3 is 2.55 bits per heavy atom. The number of hydrogen-bond donors (Lipinski definition) is 1. The molecule has 112 valence electrons. The third-order valence-electron chi connectivity index (χ3n) is 3.85. The molecule has 1 N–H and O–H groups in total. The van der Waals surface area contributed by atoms with Gasteiger partial charge in [0.2, 0.25) is 0 Å². The first-order valence-electron chi connectivity index (χ1n) is 6.61. The molecule has 0 bridgehead atoms. The molecule has 1 aromatic rings. The van der Waals surface area contributed by atoms with Gasteiger partial charge in [0.25, 0.3) is 0 Å². The maximum atomic E-state index is 12.9. The predicted molar refractivity (Wildman–Crippen MR) is 78.0 cm³/mol. The van der Waals surface area contributed by atoms with E-state index in [0.717, 1.165) is 25.6 Å². The van der Waals surface area contributed by atoms with Crippen LogP contribution in [0.5, 0.6) is 0 Å². The molecule has 6 heteroatoms. The van der Waals surface area contributed by atoms with E-state index in [4.69, 9.17) is 0 Å². The van der Waals surface area contributed by atoms with Crippen molar-refractivity contribution < 1.29 is 13.2 Å². The highest BCUT2D eigenvalue weighted by molar-refractivity contribution is 9.10. The zero-order valence-electron chi connectivity index (χ0n) is 11.5. The van der Waals surface area contributed by atoms with Crippen LogP contribution in [0.3, 0.4) is 0 Å². The molecule has 2 nitrogen and oxygen atoms in total. The van der Waals surface area contributed by atoms with Gasteiger partial charge < -0.3 is 10.2 Å². The predicted octanol–water partition coefficient (Wildman–Crippen LogP) is 3.90. The van der Waals surface area contributed by atoms with Gasteiger partial charge in [0.05, 0.1) is 5.56 Å². The topological polar surface area (TPSA) is 15.3 Å². The van der Waals surface area contributed by atoms with E-state index < -0.39 is 11.7 Å². The smallest absolute Gasteiger partial charge is 0.371 e. The van der Waals surface area contributed by atoms with Crippen LogP contribution < -0.4 is 10.2 Å². The third-order valence-corrected chi connectivity index (χ3v) is 4.31. The molecule has 0 aromatic heterocycles. The minimum atomic E-state index is -4.31. The van der Waals surface area contributed by atoms with Gasteiger partial charge in [-0.25, -0.2) is 0 Å². The Labute approximate surface area is 125 Å². The quantitative estimate of drug-likeness (QED) is 0.869. The summed E-state index contributed by atoms with van der Waals surface area (Å²) >= 11 is 3.17. The highest BCUT2D eigenvalue weighted by Crippen LogP contribution is 2.35. The molecule has 1 aromatic carbocycles. The van der Waals surface area contributed by atoms with E-state index in [1.165, 1.54) is 6.07 Å². The zero-order chi connectivity index (χ0) is 14.9. The van der Waals surface area contributed by atoms with Crippen molar-refractivity contribution in [1.29, 1.82) is 0 Å². The Bertz CT molecular complexity index is 476. The number of anilines is 1. The van der Waals surface area contributed by atoms with Gasteiger partial charge in [-0.15, -0.1) is 0 Å². The van der Waals surface area contributed by atoms with Crippen LogP contribution in [-0.4, -0.2) is 26.2 Å². The number of piperidine rings is 1. The molecule has 0 radical (unpaired) electrons. The minimum absolute atomic E-state index is 0.405. The second kappa shape index (κ2) is 5.93. The molecule has 2 atom stereocenters. The Morgan fingerprint density at radius 2 is 2.00 bits per heavy atom. The highest BCUT2D eigenvalue weighted by Gasteiger charge is 2.32. The maximum Gasteiger partial charge on any atom is 0.416 e. The number of benzene rings is 1. The molecule has 1 heterocycles. The van der Waals surface area contributed by atoms with Crippen LogP contribution in [-0.2, 0) is 6.18 Å². The van der Waals surface area contributed by atoms with Crippen LogP contribution in [0.25, 0.3) is 0 Å². The van der Waals surface area contributed by atoms with Crippen molar-refractivity contribution in [3.8, 4) is 0 Å². The third kappa shape index (κ3) is 3.47. The van der Waals surface area contributed by atoms with Crippen LogP contribution in [0.1, 0.15) is 18.9 Å². The van der Waals surface area contributed by atoms with Crippen molar-refractivity contribution in [2.45, 2.75) is 25.6 Å². The summed E-state index contributed by atoms with van der Waals surface area (Å²) in [5.74, 6) is 0.405. The van der Waals surface area contributed by atoms with E-state index in [-0.39, 0.29) is 0 Å². The summed E-state index contributed by atoms with van der Waals surface area (Å²) in [6.45, 7) is 3.65. The number of alkyl halides is 3. The normalized spacial score (nSPS) is 24.0. The molecule has 1 aliphatic heterocycles. The van der Waals surface area contributed by atoms with Gasteiger partial charge in [-0.1, -0.05) is 22.9 Å². The number of hydrogen-bond acceptors (Lipinski definition) is 2. The first-order valence-corrected chi connectivity index (χ1v) is 7.40. The van der Waals surface area contributed by atoms with Gasteiger partial charge >= 0.3 is 6.18 Å². The van der Waals surface area contributed by atoms with Crippen molar-refractivity contribution in [2.24, 2.45) is 5.92 Å². The highest BCUT2D eigenvalue weighted by atomic mass is 79.9. The molecule has 20 heavy (non-hydrogen) atoms. The molecule has 0 saturated carbocycles. The van der Waals surface area contributed by atoms with Crippen molar-refractivity contribution in [1.82, 2.24) is 5.32 Å². The zero-order valence-corrected chi connectivity index (χ0v) is 13.1. The SMILES string of the molecule is CNC1CCN(c2cc(Br)cc(C(F)(F)F)c2)CC1C. The van der Waals surface area contributed by atoms with Gasteiger partial charge in [-0.05, 0) is 37.6 Å². The van der Waals surface area contributed by atoms with E-state index in [1.54, 1.807) is 6.07 Å². The summed E-state index contributed by atoms with van der Waals surface area (Å²) in [7, 11) is 1.93. The fraction of sp³-hybridized carbons (Fsp3) is 0.571. The molecule has 1 fully saturated rings. The van der Waals surface area contributed by atoms with Gasteiger partial charge in [0.15, 0.2) is 0 Å². The fourth-order valence-electron chi connectivity index (χ4n) is 2.73. The number of halogens is 4. The van der Waals surface area contributed by atoms with Gasteiger partial charge in [-0.3, -0.25) is 0 Å².